The number of nitrogens with one attached hydrogen (secondary N) is 1. The molecule has 9 nitrogen and oxygen atoms in total. The lowest BCUT2D eigenvalue weighted by molar-refractivity contribution is -0.0286. The molecule has 31 heavy (non-hydrogen) atoms. The first-order valence-electron chi connectivity index (χ1n) is 11.1. The minimum atomic E-state index is -0.188. The van der Waals surface area contributed by atoms with Crippen molar-refractivity contribution in [1.29, 1.82) is 0 Å². The van der Waals surface area contributed by atoms with Crippen molar-refractivity contribution in [3.63, 3.8) is 0 Å². The summed E-state index contributed by atoms with van der Waals surface area (Å²) >= 11 is 0. The summed E-state index contributed by atoms with van der Waals surface area (Å²) in [5.41, 5.74) is 4.28. The zero-order valence-corrected chi connectivity index (χ0v) is 18.1. The second kappa shape index (κ2) is 8.57. The standard InChI is InChI=1S/C22H30N6O3/c1-14(11-30-2)25-22-23-9-21-19(16-8-24-27(10-16)17-12-31-13-17)7-20(28(21)26-22)15-3-5-18(29)6-4-15/h7-10,14-15,17-18,29H,3-6,11-13H2,1-2H3,(H,25,26)/t14-,15-,18-/m0/s1. The van der Waals surface area contributed by atoms with Gasteiger partial charge in [0.2, 0.25) is 5.95 Å². The van der Waals surface area contributed by atoms with E-state index in [1.54, 1.807) is 7.11 Å². The average Bonchev–Trinajstić information content (AvgIpc) is 3.32. The van der Waals surface area contributed by atoms with E-state index < -0.39 is 0 Å². The zero-order valence-electron chi connectivity index (χ0n) is 18.1. The van der Waals surface area contributed by atoms with Crippen molar-refractivity contribution in [2.75, 3.05) is 32.2 Å². The number of methoxy groups -OCH3 is 1. The van der Waals surface area contributed by atoms with E-state index in [2.05, 4.69) is 27.7 Å². The van der Waals surface area contributed by atoms with Crippen LogP contribution in [0.3, 0.4) is 0 Å². The number of nitrogens with zero attached hydrogens (tertiary/aromatic N) is 5. The monoisotopic (exact) mass is 426 g/mol. The van der Waals surface area contributed by atoms with Gasteiger partial charge in [-0.05, 0) is 38.7 Å². The Labute approximate surface area is 181 Å². The van der Waals surface area contributed by atoms with E-state index in [-0.39, 0.29) is 12.1 Å². The molecule has 0 unspecified atom stereocenters. The van der Waals surface area contributed by atoms with Crippen LogP contribution in [-0.2, 0) is 9.47 Å². The van der Waals surface area contributed by atoms with Gasteiger partial charge in [-0.1, -0.05) is 0 Å². The van der Waals surface area contributed by atoms with E-state index in [0.29, 0.717) is 37.7 Å². The molecule has 1 saturated heterocycles. The van der Waals surface area contributed by atoms with Gasteiger partial charge in [-0.25, -0.2) is 9.50 Å². The van der Waals surface area contributed by atoms with Crippen LogP contribution < -0.4 is 5.32 Å². The number of rotatable bonds is 7. The Kier molecular flexibility index (Phi) is 5.64. The van der Waals surface area contributed by atoms with Gasteiger partial charge in [-0.15, -0.1) is 5.10 Å². The van der Waals surface area contributed by atoms with Crippen LogP contribution in [0.25, 0.3) is 16.6 Å². The van der Waals surface area contributed by atoms with Crippen LogP contribution in [0.15, 0.2) is 24.7 Å². The van der Waals surface area contributed by atoms with Crippen molar-refractivity contribution in [2.24, 2.45) is 0 Å². The predicted molar refractivity (Wildman–Crippen MR) is 116 cm³/mol. The molecule has 1 aliphatic heterocycles. The normalized spacial score (nSPS) is 23.1. The van der Waals surface area contributed by atoms with Crippen molar-refractivity contribution in [3.8, 4) is 11.1 Å². The van der Waals surface area contributed by atoms with Gasteiger partial charge in [0.05, 0.1) is 49.9 Å². The quantitative estimate of drug-likeness (QED) is 0.599. The third-order valence-corrected chi connectivity index (χ3v) is 6.36. The number of hydrogen-bond donors (Lipinski definition) is 2. The molecule has 166 valence electrons. The lowest BCUT2D eigenvalue weighted by Crippen LogP contribution is -2.30. The van der Waals surface area contributed by atoms with Crippen molar-refractivity contribution < 1.29 is 14.6 Å². The van der Waals surface area contributed by atoms with Gasteiger partial charge in [-0.2, -0.15) is 5.10 Å². The molecule has 5 rings (SSSR count). The van der Waals surface area contributed by atoms with E-state index >= 15 is 0 Å². The highest BCUT2D eigenvalue weighted by Crippen LogP contribution is 2.37. The molecule has 0 bridgehead atoms. The van der Waals surface area contributed by atoms with Crippen LogP contribution in [0.2, 0.25) is 0 Å². The molecule has 4 heterocycles. The number of anilines is 1. The van der Waals surface area contributed by atoms with Gasteiger partial charge in [-0.3, -0.25) is 4.68 Å². The van der Waals surface area contributed by atoms with E-state index in [9.17, 15) is 5.11 Å². The molecule has 1 aliphatic carbocycles. The molecular weight excluding hydrogens is 396 g/mol. The average molecular weight is 427 g/mol. The van der Waals surface area contributed by atoms with Crippen molar-refractivity contribution in [3.05, 3.63) is 30.4 Å². The second-order valence-corrected chi connectivity index (χ2v) is 8.77. The lowest BCUT2D eigenvalue weighted by Gasteiger charge is -2.25. The van der Waals surface area contributed by atoms with Crippen LogP contribution in [0.1, 0.15) is 50.3 Å². The lowest BCUT2D eigenvalue weighted by atomic mass is 9.85. The Morgan fingerprint density at radius 3 is 2.77 bits per heavy atom. The van der Waals surface area contributed by atoms with E-state index in [1.807, 2.05) is 28.5 Å². The molecule has 9 heteroatoms. The molecule has 2 aliphatic rings. The topological polar surface area (TPSA) is 98.7 Å². The van der Waals surface area contributed by atoms with E-state index in [4.69, 9.17) is 14.6 Å². The number of aliphatic hydroxyl groups excluding tert-OH is 1. The number of ether oxygens (including phenoxy) is 2. The fourth-order valence-corrected chi connectivity index (χ4v) is 4.54. The summed E-state index contributed by atoms with van der Waals surface area (Å²) in [6.45, 7) is 4.05. The summed E-state index contributed by atoms with van der Waals surface area (Å²) in [5.74, 6) is 0.942. The van der Waals surface area contributed by atoms with Gasteiger partial charge in [0.15, 0.2) is 0 Å². The van der Waals surface area contributed by atoms with Crippen LogP contribution in [-0.4, -0.2) is 68.6 Å². The molecule has 0 radical (unpaired) electrons. The Morgan fingerprint density at radius 1 is 1.26 bits per heavy atom. The maximum Gasteiger partial charge on any atom is 0.241 e. The molecule has 0 spiro atoms. The third-order valence-electron chi connectivity index (χ3n) is 6.36. The Balaban J connectivity index is 1.53. The summed E-state index contributed by atoms with van der Waals surface area (Å²) in [5, 5.41) is 22.7. The fourth-order valence-electron chi connectivity index (χ4n) is 4.54. The number of aromatic nitrogens is 5. The SMILES string of the molecule is COC[C@H](C)Nc1ncc2c(-c3cnn(C4COC4)c3)cc([C@H]3CC[C@H](O)CC3)n2n1. The fraction of sp³-hybridized carbons (Fsp3) is 0.591. The third kappa shape index (κ3) is 4.05. The molecule has 3 aromatic rings. The largest absolute Gasteiger partial charge is 0.393 e. The predicted octanol–water partition coefficient (Wildman–Crippen LogP) is 2.63. The summed E-state index contributed by atoms with van der Waals surface area (Å²) in [6, 6.07) is 2.65. The highest BCUT2D eigenvalue weighted by atomic mass is 16.5. The first-order valence-corrected chi connectivity index (χ1v) is 11.1. The van der Waals surface area contributed by atoms with Gasteiger partial charge in [0.1, 0.15) is 0 Å². The van der Waals surface area contributed by atoms with Crippen molar-refractivity contribution in [1.82, 2.24) is 24.4 Å². The molecular formula is C22H30N6O3. The van der Waals surface area contributed by atoms with Gasteiger partial charge >= 0.3 is 0 Å². The minimum absolute atomic E-state index is 0.105. The highest BCUT2D eigenvalue weighted by Gasteiger charge is 2.27. The summed E-state index contributed by atoms with van der Waals surface area (Å²) in [6.07, 6.45) is 9.26. The number of fused-ring (bicyclic) bond motifs is 1. The van der Waals surface area contributed by atoms with E-state index in [0.717, 1.165) is 42.3 Å². The molecule has 3 aromatic heterocycles. The van der Waals surface area contributed by atoms with Crippen molar-refractivity contribution in [2.45, 2.75) is 56.7 Å². The molecule has 0 amide bonds. The van der Waals surface area contributed by atoms with Crippen LogP contribution in [0.5, 0.6) is 0 Å². The highest BCUT2D eigenvalue weighted by molar-refractivity contribution is 5.81. The van der Waals surface area contributed by atoms with Gasteiger partial charge in [0, 0.05) is 42.1 Å². The zero-order chi connectivity index (χ0) is 21.4. The summed E-state index contributed by atoms with van der Waals surface area (Å²) < 4.78 is 14.5. The number of hydrogen-bond acceptors (Lipinski definition) is 7. The Morgan fingerprint density at radius 2 is 2.06 bits per heavy atom. The maximum atomic E-state index is 9.97. The van der Waals surface area contributed by atoms with Gasteiger partial charge in [0.25, 0.3) is 0 Å². The first-order chi connectivity index (χ1) is 15.1. The Hall–Kier alpha value is -2.49. The summed E-state index contributed by atoms with van der Waals surface area (Å²) in [7, 11) is 1.69. The molecule has 2 N–H and O–H groups in total. The van der Waals surface area contributed by atoms with E-state index in [1.165, 1.54) is 5.69 Å². The Bertz CT molecular complexity index is 1040. The van der Waals surface area contributed by atoms with Crippen LogP contribution in [0.4, 0.5) is 5.95 Å². The van der Waals surface area contributed by atoms with Gasteiger partial charge < -0.3 is 19.9 Å². The first kappa shape index (κ1) is 20.4. The molecule has 1 saturated carbocycles. The van der Waals surface area contributed by atoms with Crippen LogP contribution >= 0.6 is 0 Å². The van der Waals surface area contributed by atoms with Crippen LogP contribution in [0, 0.1) is 0 Å². The molecule has 0 aromatic carbocycles. The second-order valence-electron chi connectivity index (χ2n) is 8.77. The smallest absolute Gasteiger partial charge is 0.241 e. The molecule has 1 atom stereocenters. The molecule has 2 fully saturated rings. The number of aliphatic hydroxyl groups is 1. The summed E-state index contributed by atoms with van der Waals surface area (Å²) in [4.78, 5) is 4.57. The maximum absolute atomic E-state index is 9.97. The minimum Gasteiger partial charge on any atom is -0.393 e. The van der Waals surface area contributed by atoms with Crippen molar-refractivity contribution >= 4 is 11.5 Å².